The van der Waals surface area contributed by atoms with Crippen LogP contribution in [0.25, 0.3) is 0 Å². The summed E-state index contributed by atoms with van der Waals surface area (Å²) in [6.45, 7) is -0.433. The number of hydrogen-bond acceptors (Lipinski definition) is 8. The van der Waals surface area contributed by atoms with Crippen LogP contribution in [0.1, 0.15) is 5.56 Å². The van der Waals surface area contributed by atoms with Crippen LogP contribution in [0, 0.1) is 0 Å². The maximum atomic E-state index is 10.4. The normalized spacial score (nSPS) is 16.5. The van der Waals surface area contributed by atoms with Crippen molar-refractivity contribution in [2.45, 2.75) is 31.0 Å². The van der Waals surface area contributed by atoms with Crippen LogP contribution in [0.5, 0.6) is 0 Å². The standard InChI is InChI=1S/C20H25N3O5/c24-13-17(25)19(27)20(28)18(26)16(23-22-15-9-5-2-6-10-15)12-21-11-14-7-3-1-4-8-14/h1-10,12,17-20,22,24-28H,11,13H2/b21-12?,23-16+/t17-,18-,19-,20-/m1/s1. The fraction of sp³-hybridized carbons (Fsp3) is 0.300. The summed E-state index contributed by atoms with van der Waals surface area (Å²) in [5, 5.41) is 52.9. The quantitative estimate of drug-likeness (QED) is 0.254. The van der Waals surface area contributed by atoms with Gasteiger partial charge >= 0.3 is 0 Å². The zero-order valence-corrected chi connectivity index (χ0v) is 15.2. The number of para-hydroxylation sites is 1. The summed E-state index contributed by atoms with van der Waals surface area (Å²) in [4.78, 5) is 4.22. The average Bonchev–Trinajstić information content (AvgIpc) is 2.75. The maximum Gasteiger partial charge on any atom is 0.128 e. The molecule has 0 aliphatic rings. The van der Waals surface area contributed by atoms with E-state index in [1.54, 1.807) is 24.3 Å². The van der Waals surface area contributed by atoms with E-state index < -0.39 is 31.0 Å². The predicted octanol–water partition coefficient (Wildman–Crippen LogP) is 0.161. The first kappa shape index (κ1) is 21.7. The summed E-state index contributed by atoms with van der Waals surface area (Å²) in [5.74, 6) is 0. The van der Waals surface area contributed by atoms with E-state index in [4.69, 9.17) is 5.11 Å². The Hall–Kier alpha value is -2.62. The van der Waals surface area contributed by atoms with Crippen molar-refractivity contribution in [2.75, 3.05) is 12.0 Å². The molecule has 0 saturated carbocycles. The van der Waals surface area contributed by atoms with Gasteiger partial charge in [-0.05, 0) is 17.7 Å². The van der Waals surface area contributed by atoms with Gasteiger partial charge in [0, 0.05) is 6.21 Å². The molecule has 0 saturated heterocycles. The zero-order valence-electron chi connectivity index (χ0n) is 15.2. The molecule has 0 aliphatic carbocycles. The third-order valence-electron chi connectivity index (χ3n) is 3.99. The van der Waals surface area contributed by atoms with Crippen molar-refractivity contribution in [3.05, 3.63) is 66.2 Å². The van der Waals surface area contributed by atoms with E-state index in [0.717, 1.165) is 5.56 Å². The van der Waals surface area contributed by atoms with Crippen LogP contribution < -0.4 is 5.43 Å². The molecular weight excluding hydrogens is 362 g/mol. The second-order valence-corrected chi connectivity index (χ2v) is 6.15. The van der Waals surface area contributed by atoms with E-state index in [1.807, 2.05) is 36.4 Å². The SMILES string of the molecule is OC[C@@H](O)[C@@H](O)[C@H](O)[C@H](O)/C(C=NCc1ccccc1)=N/Nc1ccccc1. The Labute approximate surface area is 163 Å². The van der Waals surface area contributed by atoms with Gasteiger partial charge in [0.05, 0.1) is 18.8 Å². The number of aliphatic imine (C=N–C) groups is 1. The molecule has 4 atom stereocenters. The zero-order chi connectivity index (χ0) is 20.4. The fourth-order valence-electron chi connectivity index (χ4n) is 2.34. The molecule has 2 rings (SSSR count). The van der Waals surface area contributed by atoms with Crippen LogP contribution in [0.2, 0.25) is 0 Å². The molecule has 0 radical (unpaired) electrons. The highest BCUT2D eigenvalue weighted by Crippen LogP contribution is 2.09. The monoisotopic (exact) mass is 387 g/mol. The van der Waals surface area contributed by atoms with Gasteiger partial charge in [-0.1, -0.05) is 48.5 Å². The third-order valence-corrected chi connectivity index (χ3v) is 3.99. The molecule has 0 unspecified atom stereocenters. The molecular formula is C20H25N3O5. The van der Waals surface area contributed by atoms with E-state index in [2.05, 4.69) is 15.5 Å². The molecule has 6 N–H and O–H groups in total. The molecule has 0 fully saturated rings. The number of benzene rings is 2. The largest absolute Gasteiger partial charge is 0.394 e. The highest BCUT2D eigenvalue weighted by molar-refractivity contribution is 6.32. The van der Waals surface area contributed by atoms with Crippen molar-refractivity contribution >= 4 is 17.6 Å². The molecule has 0 aliphatic heterocycles. The van der Waals surface area contributed by atoms with Crippen LogP contribution in [-0.2, 0) is 6.54 Å². The lowest BCUT2D eigenvalue weighted by molar-refractivity contribution is -0.100. The van der Waals surface area contributed by atoms with Gasteiger partial charge in [-0.3, -0.25) is 10.4 Å². The van der Waals surface area contributed by atoms with E-state index in [1.165, 1.54) is 6.21 Å². The van der Waals surface area contributed by atoms with Gasteiger partial charge in [-0.25, -0.2) is 0 Å². The van der Waals surface area contributed by atoms with Gasteiger partial charge in [-0.15, -0.1) is 0 Å². The van der Waals surface area contributed by atoms with Gasteiger partial charge < -0.3 is 25.5 Å². The maximum absolute atomic E-state index is 10.4. The Morgan fingerprint density at radius 1 is 0.893 bits per heavy atom. The molecule has 0 aromatic heterocycles. The first-order valence-electron chi connectivity index (χ1n) is 8.78. The summed E-state index contributed by atoms with van der Waals surface area (Å²) in [6, 6.07) is 18.4. The van der Waals surface area contributed by atoms with E-state index >= 15 is 0 Å². The lowest BCUT2D eigenvalue weighted by atomic mass is 10.0. The van der Waals surface area contributed by atoms with Crippen LogP contribution in [0.4, 0.5) is 5.69 Å². The molecule has 0 amide bonds. The summed E-state index contributed by atoms with van der Waals surface area (Å²) in [5.41, 5.74) is 4.29. The Morgan fingerprint density at radius 3 is 2.11 bits per heavy atom. The molecule has 8 heteroatoms. The first-order chi connectivity index (χ1) is 13.5. The topological polar surface area (TPSA) is 138 Å². The van der Waals surface area contributed by atoms with Gasteiger partial charge in [0.25, 0.3) is 0 Å². The highest BCUT2D eigenvalue weighted by atomic mass is 16.4. The van der Waals surface area contributed by atoms with Gasteiger partial charge in [0.2, 0.25) is 0 Å². The van der Waals surface area contributed by atoms with Crippen LogP contribution in [-0.4, -0.2) is 68.5 Å². The van der Waals surface area contributed by atoms with Crippen LogP contribution in [0.15, 0.2) is 70.8 Å². The molecule has 0 heterocycles. The number of aliphatic hydroxyl groups excluding tert-OH is 5. The lowest BCUT2D eigenvalue weighted by Gasteiger charge is -2.25. The summed E-state index contributed by atoms with van der Waals surface area (Å²) in [6.07, 6.45) is -5.50. The fourth-order valence-corrected chi connectivity index (χ4v) is 2.34. The third kappa shape index (κ3) is 6.52. The van der Waals surface area contributed by atoms with E-state index in [-0.39, 0.29) is 5.71 Å². The number of aliphatic hydroxyl groups is 5. The van der Waals surface area contributed by atoms with Crippen molar-refractivity contribution in [1.82, 2.24) is 0 Å². The minimum Gasteiger partial charge on any atom is -0.394 e. The Bertz CT molecular complexity index is 755. The van der Waals surface area contributed by atoms with Crippen LogP contribution >= 0.6 is 0 Å². The molecule has 2 aromatic carbocycles. The molecule has 28 heavy (non-hydrogen) atoms. The summed E-state index contributed by atoms with van der Waals surface area (Å²) >= 11 is 0. The second-order valence-electron chi connectivity index (χ2n) is 6.15. The molecule has 0 bridgehead atoms. The van der Waals surface area contributed by atoms with Gasteiger partial charge in [0.1, 0.15) is 30.1 Å². The Morgan fingerprint density at radius 2 is 1.50 bits per heavy atom. The van der Waals surface area contributed by atoms with Crippen molar-refractivity contribution in [3.8, 4) is 0 Å². The van der Waals surface area contributed by atoms with E-state index in [9.17, 15) is 20.4 Å². The lowest BCUT2D eigenvalue weighted by Crippen LogP contribution is -2.49. The minimum atomic E-state index is -1.78. The minimum absolute atomic E-state index is 0.0449. The first-order valence-corrected chi connectivity index (χ1v) is 8.78. The molecule has 8 nitrogen and oxygen atoms in total. The second kappa shape index (κ2) is 11.3. The number of nitrogens with zero attached hydrogens (tertiary/aromatic N) is 2. The van der Waals surface area contributed by atoms with Crippen molar-refractivity contribution in [2.24, 2.45) is 10.1 Å². The Kier molecular flexibility index (Phi) is 8.73. The molecule has 0 spiro atoms. The smallest absolute Gasteiger partial charge is 0.128 e. The van der Waals surface area contributed by atoms with E-state index in [0.29, 0.717) is 12.2 Å². The van der Waals surface area contributed by atoms with Gasteiger partial charge in [-0.2, -0.15) is 5.10 Å². The number of nitrogens with one attached hydrogen (secondary N) is 1. The number of hydrazone groups is 1. The molecule has 2 aromatic rings. The number of rotatable bonds is 10. The summed E-state index contributed by atoms with van der Waals surface area (Å²) < 4.78 is 0. The Balaban J connectivity index is 2.16. The molecule has 150 valence electrons. The van der Waals surface area contributed by atoms with Crippen LogP contribution in [0.3, 0.4) is 0 Å². The number of hydrogen-bond donors (Lipinski definition) is 6. The van der Waals surface area contributed by atoms with Crippen molar-refractivity contribution < 1.29 is 25.5 Å². The summed E-state index contributed by atoms with van der Waals surface area (Å²) in [7, 11) is 0. The predicted molar refractivity (Wildman–Crippen MR) is 107 cm³/mol. The van der Waals surface area contributed by atoms with Crippen molar-refractivity contribution in [3.63, 3.8) is 0 Å². The average molecular weight is 387 g/mol. The van der Waals surface area contributed by atoms with Gasteiger partial charge in [0.15, 0.2) is 0 Å². The van der Waals surface area contributed by atoms with Crippen molar-refractivity contribution in [1.29, 1.82) is 0 Å². The highest BCUT2D eigenvalue weighted by Gasteiger charge is 2.32. The number of anilines is 1.